The van der Waals surface area contributed by atoms with E-state index in [0.29, 0.717) is 5.69 Å². The first kappa shape index (κ1) is 12.3. The maximum atomic E-state index is 8.81. The van der Waals surface area contributed by atoms with Gasteiger partial charge in [0.05, 0.1) is 28.5 Å². The van der Waals surface area contributed by atoms with Crippen LogP contribution in [0.3, 0.4) is 0 Å². The summed E-state index contributed by atoms with van der Waals surface area (Å²) in [6.07, 6.45) is 0. The van der Waals surface area contributed by atoms with Gasteiger partial charge in [-0.25, -0.2) is 0 Å². The zero-order valence-electron chi connectivity index (χ0n) is 9.03. The first-order chi connectivity index (χ1) is 7.51. The van der Waals surface area contributed by atoms with Gasteiger partial charge in [0.2, 0.25) is 0 Å². The van der Waals surface area contributed by atoms with Crippen LogP contribution in [0.5, 0.6) is 0 Å². The second-order valence-electron chi connectivity index (χ2n) is 3.68. The molecule has 0 unspecified atom stereocenters. The quantitative estimate of drug-likeness (QED) is 0.852. The number of hydrogen-bond acceptors (Lipinski definition) is 4. The molecule has 0 bridgehead atoms. The van der Waals surface area contributed by atoms with E-state index in [1.807, 2.05) is 26.0 Å². The van der Waals surface area contributed by atoms with E-state index in [4.69, 9.17) is 27.9 Å². The monoisotopic (exact) mass is 234 g/mol. The van der Waals surface area contributed by atoms with Gasteiger partial charge in [-0.15, -0.1) is 0 Å². The molecule has 0 spiro atoms. The lowest BCUT2D eigenvalue weighted by Crippen LogP contribution is -2.05. The third-order valence-electron chi connectivity index (χ3n) is 2.15. The standard InChI is InChI=1S/C11H11ClN4/c1-6(2)9-3-8(15)10(12)11(16-9)7(4-13)5-14/h3,6-7H,1-2H3,(H2,15,16). The van der Waals surface area contributed by atoms with Crippen molar-refractivity contribution in [2.45, 2.75) is 25.7 Å². The number of nitrogens with zero attached hydrogens (tertiary/aromatic N) is 3. The molecule has 0 aliphatic heterocycles. The molecule has 0 aromatic carbocycles. The summed E-state index contributed by atoms with van der Waals surface area (Å²) < 4.78 is 0. The Hall–Kier alpha value is -1.78. The Morgan fingerprint density at radius 2 is 1.94 bits per heavy atom. The average molecular weight is 235 g/mol. The van der Waals surface area contributed by atoms with Gasteiger partial charge in [-0.2, -0.15) is 10.5 Å². The lowest BCUT2D eigenvalue weighted by Gasteiger charge is -2.11. The lowest BCUT2D eigenvalue weighted by atomic mass is 10.0. The molecule has 16 heavy (non-hydrogen) atoms. The minimum Gasteiger partial charge on any atom is -0.397 e. The molecule has 0 amide bonds. The molecule has 1 heterocycles. The third kappa shape index (κ3) is 2.24. The average Bonchev–Trinajstić information content (AvgIpc) is 2.25. The van der Waals surface area contributed by atoms with Crippen LogP contribution in [-0.4, -0.2) is 4.98 Å². The van der Waals surface area contributed by atoms with Crippen LogP contribution in [0.25, 0.3) is 0 Å². The number of pyridine rings is 1. The Kier molecular flexibility index (Phi) is 3.71. The van der Waals surface area contributed by atoms with Crippen molar-refractivity contribution in [1.29, 1.82) is 10.5 Å². The molecule has 4 nitrogen and oxygen atoms in total. The van der Waals surface area contributed by atoms with Crippen LogP contribution in [0.4, 0.5) is 5.69 Å². The normalized spacial score (nSPS) is 10.2. The van der Waals surface area contributed by atoms with Gasteiger partial charge in [0.25, 0.3) is 0 Å². The topological polar surface area (TPSA) is 86.5 Å². The molecular weight excluding hydrogens is 224 g/mol. The Labute approximate surface area is 99.3 Å². The van der Waals surface area contributed by atoms with Gasteiger partial charge >= 0.3 is 0 Å². The fraction of sp³-hybridized carbons (Fsp3) is 0.364. The largest absolute Gasteiger partial charge is 0.397 e. The molecule has 2 N–H and O–H groups in total. The van der Waals surface area contributed by atoms with Gasteiger partial charge < -0.3 is 5.73 Å². The number of nitriles is 2. The molecule has 1 aromatic rings. The lowest BCUT2D eigenvalue weighted by molar-refractivity contribution is 0.806. The second-order valence-corrected chi connectivity index (χ2v) is 4.06. The van der Waals surface area contributed by atoms with Crippen LogP contribution >= 0.6 is 11.6 Å². The summed E-state index contributed by atoms with van der Waals surface area (Å²) in [6, 6.07) is 5.35. The molecule has 0 fully saturated rings. The van der Waals surface area contributed by atoms with Gasteiger partial charge in [-0.3, -0.25) is 4.98 Å². The highest BCUT2D eigenvalue weighted by molar-refractivity contribution is 6.33. The van der Waals surface area contributed by atoms with E-state index in [2.05, 4.69) is 4.98 Å². The maximum Gasteiger partial charge on any atom is 0.176 e. The van der Waals surface area contributed by atoms with E-state index in [1.165, 1.54) is 0 Å². The highest BCUT2D eigenvalue weighted by Crippen LogP contribution is 2.30. The molecule has 1 aromatic heterocycles. The van der Waals surface area contributed by atoms with Crippen molar-refractivity contribution in [2.24, 2.45) is 0 Å². The Bertz CT molecular complexity index is 468. The predicted octanol–water partition coefficient (Wildman–Crippen LogP) is 2.57. The van der Waals surface area contributed by atoms with Crippen LogP contribution in [0, 0.1) is 22.7 Å². The van der Waals surface area contributed by atoms with Gasteiger partial charge in [0, 0.05) is 5.69 Å². The van der Waals surface area contributed by atoms with Crippen LogP contribution in [0.15, 0.2) is 6.07 Å². The zero-order valence-corrected chi connectivity index (χ0v) is 9.78. The first-order valence-electron chi connectivity index (χ1n) is 4.76. The van der Waals surface area contributed by atoms with Gasteiger partial charge in [-0.1, -0.05) is 25.4 Å². The summed E-state index contributed by atoms with van der Waals surface area (Å²) >= 11 is 5.93. The van der Waals surface area contributed by atoms with E-state index < -0.39 is 5.92 Å². The van der Waals surface area contributed by atoms with Crippen molar-refractivity contribution in [3.63, 3.8) is 0 Å². The number of aromatic nitrogens is 1. The summed E-state index contributed by atoms with van der Waals surface area (Å²) in [7, 11) is 0. The second kappa shape index (κ2) is 4.83. The smallest absolute Gasteiger partial charge is 0.176 e. The fourth-order valence-electron chi connectivity index (χ4n) is 1.23. The van der Waals surface area contributed by atoms with Crippen LogP contribution in [0.1, 0.15) is 37.1 Å². The van der Waals surface area contributed by atoms with Crippen molar-refractivity contribution < 1.29 is 0 Å². The van der Waals surface area contributed by atoms with Gasteiger partial charge in [-0.05, 0) is 12.0 Å². The molecule has 0 atom stereocenters. The van der Waals surface area contributed by atoms with Crippen LogP contribution in [0.2, 0.25) is 5.02 Å². The highest BCUT2D eigenvalue weighted by Gasteiger charge is 2.19. The molecular formula is C11H11ClN4. The summed E-state index contributed by atoms with van der Waals surface area (Å²) in [5.41, 5.74) is 7.04. The van der Waals surface area contributed by atoms with E-state index in [0.717, 1.165) is 5.69 Å². The summed E-state index contributed by atoms with van der Waals surface area (Å²) in [4.78, 5) is 4.22. The number of nitrogens with two attached hydrogens (primary N) is 1. The number of nitrogen functional groups attached to an aromatic ring is 1. The molecule has 0 saturated heterocycles. The minimum atomic E-state index is -0.978. The zero-order chi connectivity index (χ0) is 12.3. The summed E-state index contributed by atoms with van der Waals surface area (Å²) in [5, 5.41) is 17.8. The van der Waals surface area contributed by atoms with Crippen molar-refractivity contribution >= 4 is 17.3 Å². The molecule has 0 saturated carbocycles. The van der Waals surface area contributed by atoms with Crippen molar-refractivity contribution in [3.05, 3.63) is 22.5 Å². The molecule has 0 aliphatic carbocycles. The summed E-state index contributed by atoms with van der Waals surface area (Å²) in [6.45, 7) is 3.90. The molecule has 0 radical (unpaired) electrons. The Morgan fingerprint density at radius 1 is 1.38 bits per heavy atom. The Morgan fingerprint density at radius 3 is 2.38 bits per heavy atom. The SMILES string of the molecule is CC(C)c1cc(N)c(Cl)c(C(C#N)C#N)n1. The van der Waals surface area contributed by atoms with Gasteiger partial charge in [0.1, 0.15) is 0 Å². The van der Waals surface area contributed by atoms with E-state index >= 15 is 0 Å². The number of rotatable bonds is 2. The number of hydrogen-bond donors (Lipinski definition) is 1. The first-order valence-corrected chi connectivity index (χ1v) is 5.14. The fourth-order valence-corrected chi connectivity index (χ4v) is 1.44. The third-order valence-corrected chi connectivity index (χ3v) is 2.57. The summed E-state index contributed by atoms with van der Waals surface area (Å²) in [5.74, 6) is -0.815. The van der Waals surface area contributed by atoms with Gasteiger partial charge in [0.15, 0.2) is 5.92 Å². The van der Waals surface area contributed by atoms with Crippen LogP contribution in [-0.2, 0) is 0 Å². The Balaban J connectivity index is 3.40. The minimum absolute atomic E-state index is 0.163. The van der Waals surface area contributed by atoms with Crippen molar-refractivity contribution in [1.82, 2.24) is 4.98 Å². The van der Waals surface area contributed by atoms with E-state index in [9.17, 15) is 0 Å². The molecule has 82 valence electrons. The predicted molar refractivity (Wildman–Crippen MR) is 61.7 cm³/mol. The van der Waals surface area contributed by atoms with Crippen molar-refractivity contribution in [3.8, 4) is 12.1 Å². The van der Waals surface area contributed by atoms with E-state index in [-0.39, 0.29) is 16.6 Å². The molecule has 1 rings (SSSR count). The molecule has 0 aliphatic rings. The van der Waals surface area contributed by atoms with Crippen molar-refractivity contribution in [2.75, 3.05) is 5.73 Å². The highest BCUT2D eigenvalue weighted by atomic mass is 35.5. The molecule has 5 heteroatoms. The van der Waals surface area contributed by atoms with Crippen LogP contribution < -0.4 is 5.73 Å². The van der Waals surface area contributed by atoms with E-state index in [1.54, 1.807) is 6.07 Å². The number of halogens is 1. The number of anilines is 1. The maximum absolute atomic E-state index is 8.81.